The lowest BCUT2D eigenvalue weighted by molar-refractivity contribution is -0.133. The van der Waals surface area contributed by atoms with Gasteiger partial charge in [-0.15, -0.1) is 0 Å². The van der Waals surface area contributed by atoms with Crippen LogP contribution in [0.1, 0.15) is 39.5 Å². The van der Waals surface area contributed by atoms with E-state index in [1.165, 1.54) is 4.90 Å². The highest BCUT2D eigenvalue weighted by Gasteiger charge is 2.48. The van der Waals surface area contributed by atoms with Crippen molar-refractivity contribution in [1.29, 1.82) is 0 Å². The zero-order valence-corrected chi connectivity index (χ0v) is 15.7. The molecule has 8 heteroatoms. The van der Waals surface area contributed by atoms with Gasteiger partial charge in [0.15, 0.2) is 0 Å². The van der Waals surface area contributed by atoms with Crippen molar-refractivity contribution in [3.63, 3.8) is 0 Å². The van der Waals surface area contributed by atoms with Gasteiger partial charge < -0.3 is 24.8 Å². The third-order valence-electron chi connectivity index (χ3n) is 5.06. The molecule has 0 unspecified atom stereocenters. The molecule has 2 aliphatic rings. The molecule has 142 valence electrons. The predicted octanol–water partition coefficient (Wildman–Crippen LogP) is 1.26. The van der Waals surface area contributed by atoms with Crippen molar-refractivity contribution in [2.75, 3.05) is 40.3 Å². The number of hydrogen-bond donors (Lipinski definition) is 1. The van der Waals surface area contributed by atoms with E-state index in [2.05, 4.69) is 19.2 Å². The Morgan fingerprint density at radius 1 is 1.32 bits per heavy atom. The van der Waals surface area contributed by atoms with E-state index in [0.717, 1.165) is 12.8 Å². The Hall–Kier alpha value is -1.99. The second kappa shape index (κ2) is 7.93. The summed E-state index contributed by atoms with van der Waals surface area (Å²) in [5, 5.41) is 2.59. The van der Waals surface area contributed by atoms with Crippen LogP contribution in [0.15, 0.2) is 0 Å². The molecule has 2 rings (SSSR count). The minimum Gasteiger partial charge on any atom is -0.441 e. The van der Waals surface area contributed by atoms with Crippen molar-refractivity contribution in [3.05, 3.63) is 0 Å². The second-order valence-corrected chi connectivity index (χ2v) is 7.25. The van der Waals surface area contributed by atoms with Gasteiger partial charge in [0.1, 0.15) is 5.60 Å². The summed E-state index contributed by atoms with van der Waals surface area (Å²) < 4.78 is 5.70. The summed E-state index contributed by atoms with van der Waals surface area (Å²) in [6, 6.07) is -0.107. The standard InChI is InChI=1S/C17H30N4O4/c1-5-6-13(2)21-12-17(25-16(21)24)7-9-20(10-8-17)14(22)11-18-15(23)19(3)4/h13H,5-12H2,1-4H3,(H,18,23)/t13-/m0/s1. The largest absolute Gasteiger partial charge is 0.441 e. The van der Waals surface area contributed by atoms with Crippen LogP contribution < -0.4 is 5.32 Å². The summed E-state index contributed by atoms with van der Waals surface area (Å²) in [5.41, 5.74) is -0.469. The predicted molar refractivity (Wildman–Crippen MR) is 93.2 cm³/mol. The molecule has 0 radical (unpaired) electrons. The lowest BCUT2D eigenvalue weighted by Crippen LogP contribution is -2.51. The highest BCUT2D eigenvalue weighted by Crippen LogP contribution is 2.34. The summed E-state index contributed by atoms with van der Waals surface area (Å²) in [4.78, 5) is 40.9. The number of carbonyl (C=O) groups excluding carboxylic acids is 3. The van der Waals surface area contributed by atoms with E-state index in [4.69, 9.17) is 4.74 Å². The summed E-state index contributed by atoms with van der Waals surface area (Å²) in [6.07, 6.45) is 3.03. The van der Waals surface area contributed by atoms with Crippen molar-refractivity contribution in [3.8, 4) is 0 Å². The number of urea groups is 1. The zero-order valence-electron chi connectivity index (χ0n) is 15.7. The average molecular weight is 354 g/mol. The topological polar surface area (TPSA) is 82.2 Å². The fraction of sp³-hybridized carbons (Fsp3) is 0.824. The van der Waals surface area contributed by atoms with Gasteiger partial charge in [-0.1, -0.05) is 13.3 Å². The van der Waals surface area contributed by atoms with Gasteiger partial charge in [-0.2, -0.15) is 0 Å². The Kier molecular flexibility index (Phi) is 6.13. The van der Waals surface area contributed by atoms with Gasteiger partial charge in [0.05, 0.1) is 13.1 Å². The van der Waals surface area contributed by atoms with Gasteiger partial charge in [0, 0.05) is 46.1 Å². The number of hydrogen-bond acceptors (Lipinski definition) is 4. The smallest absolute Gasteiger partial charge is 0.410 e. The average Bonchev–Trinajstić information content (AvgIpc) is 2.89. The van der Waals surface area contributed by atoms with E-state index in [-0.39, 0.29) is 30.6 Å². The maximum atomic E-state index is 12.2. The molecule has 2 heterocycles. The zero-order chi connectivity index (χ0) is 18.6. The van der Waals surface area contributed by atoms with Crippen LogP contribution in [0.5, 0.6) is 0 Å². The number of piperidine rings is 1. The molecule has 2 aliphatic heterocycles. The molecule has 0 saturated carbocycles. The van der Waals surface area contributed by atoms with Crippen LogP contribution in [0.25, 0.3) is 0 Å². The van der Waals surface area contributed by atoms with Gasteiger partial charge >= 0.3 is 12.1 Å². The fourth-order valence-corrected chi connectivity index (χ4v) is 3.41. The number of carbonyl (C=O) groups is 3. The van der Waals surface area contributed by atoms with Crippen molar-refractivity contribution >= 4 is 18.0 Å². The Morgan fingerprint density at radius 2 is 1.96 bits per heavy atom. The number of likely N-dealkylation sites (tertiary alicyclic amines) is 1. The van der Waals surface area contributed by atoms with Crippen molar-refractivity contribution < 1.29 is 19.1 Å². The minimum atomic E-state index is -0.469. The van der Waals surface area contributed by atoms with E-state index in [1.807, 2.05) is 4.90 Å². The lowest BCUT2D eigenvalue weighted by Gasteiger charge is -2.37. The number of ether oxygens (including phenoxy) is 1. The Bertz CT molecular complexity index is 515. The Balaban J connectivity index is 1.84. The molecule has 0 aromatic carbocycles. The fourth-order valence-electron chi connectivity index (χ4n) is 3.41. The van der Waals surface area contributed by atoms with Crippen molar-refractivity contribution in [1.82, 2.24) is 20.0 Å². The lowest BCUT2D eigenvalue weighted by atomic mass is 9.91. The van der Waals surface area contributed by atoms with E-state index in [0.29, 0.717) is 32.5 Å². The SMILES string of the molecule is CCC[C@H](C)N1CC2(CCN(C(=O)CNC(=O)N(C)C)CC2)OC1=O. The van der Waals surface area contributed by atoms with Crippen LogP contribution in [0, 0.1) is 0 Å². The summed E-state index contributed by atoms with van der Waals surface area (Å²) in [7, 11) is 3.26. The van der Waals surface area contributed by atoms with E-state index >= 15 is 0 Å². The summed E-state index contributed by atoms with van der Waals surface area (Å²) in [6.45, 7) is 5.83. The number of nitrogens with one attached hydrogen (secondary N) is 1. The first kappa shape index (κ1) is 19.3. The first-order chi connectivity index (χ1) is 11.8. The van der Waals surface area contributed by atoms with E-state index in [9.17, 15) is 14.4 Å². The molecule has 2 saturated heterocycles. The van der Waals surface area contributed by atoms with Crippen molar-refractivity contribution in [2.24, 2.45) is 0 Å². The Labute approximate surface area is 149 Å². The first-order valence-electron chi connectivity index (χ1n) is 9.00. The molecule has 0 aromatic heterocycles. The van der Waals surface area contributed by atoms with E-state index in [1.54, 1.807) is 19.0 Å². The Morgan fingerprint density at radius 3 is 2.52 bits per heavy atom. The molecule has 0 aromatic rings. The summed E-state index contributed by atoms with van der Waals surface area (Å²) in [5.74, 6) is -0.106. The third-order valence-corrected chi connectivity index (χ3v) is 5.06. The normalized spacial score (nSPS) is 20.4. The quantitative estimate of drug-likeness (QED) is 0.806. The highest BCUT2D eigenvalue weighted by atomic mass is 16.6. The number of rotatable bonds is 5. The van der Waals surface area contributed by atoms with Crippen LogP contribution in [-0.2, 0) is 9.53 Å². The molecule has 0 aliphatic carbocycles. The van der Waals surface area contributed by atoms with Gasteiger partial charge in [0.25, 0.3) is 0 Å². The minimum absolute atomic E-state index is 0.0105. The maximum absolute atomic E-state index is 12.2. The van der Waals surface area contributed by atoms with Gasteiger partial charge in [-0.25, -0.2) is 9.59 Å². The first-order valence-corrected chi connectivity index (χ1v) is 9.00. The van der Waals surface area contributed by atoms with Crippen LogP contribution in [0.4, 0.5) is 9.59 Å². The van der Waals surface area contributed by atoms with Gasteiger partial charge in [-0.05, 0) is 13.3 Å². The molecule has 1 N–H and O–H groups in total. The second-order valence-electron chi connectivity index (χ2n) is 7.25. The van der Waals surface area contributed by atoms with E-state index < -0.39 is 5.60 Å². The molecule has 8 nitrogen and oxygen atoms in total. The van der Waals surface area contributed by atoms with Gasteiger partial charge in [-0.3, -0.25) is 4.79 Å². The molecule has 2 fully saturated rings. The molecule has 1 spiro atoms. The van der Waals surface area contributed by atoms with Crippen LogP contribution >= 0.6 is 0 Å². The molecule has 25 heavy (non-hydrogen) atoms. The molecular weight excluding hydrogens is 324 g/mol. The van der Waals surface area contributed by atoms with Crippen LogP contribution in [-0.4, -0.2) is 84.6 Å². The molecular formula is C17H30N4O4. The van der Waals surface area contributed by atoms with Crippen LogP contribution in [0.3, 0.4) is 0 Å². The third kappa shape index (κ3) is 4.55. The maximum Gasteiger partial charge on any atom is 0.410 e. The number of nitrogens with zero attached hydrogens (tertiary/aromatic N) is 3. The number of amides is 4. The summed E-state index contributed by atoms with van der Waals surface area (Å²) >= 11 is 0. The van der Waals surface area contributed by atoms with Crippen LogP contribution in [0.2, 0.25) is 0 Å². The molecule has 0 bridgehead atoms. The van der Waals surface area contributed by atoms with Gasteiger partial charge in [0.2, 0.25) is 5.91 Å². The molecule has 1 atom stereocenters. The van der Waals surface area contributed by atoms with Crippen molar-refractivity contribution in [2.45, 2.75) is 51.2 Å². The monoisotopic (exact) mass is 354 g/mol. The highest BCUT2D eigenvalue weighted by molar-refractivity contribution is 5.84. The molecule has 4 amide bonds.